The molecule has 0 bridgehead atoms. The van der Waals surface area contributed by atoms with Gasteiger partial charge in [0, 0.05) is 24.7 Å². The van der Waals surface area contributed by atoms with E-state index in [1.54, 1.807) is 0 Å². The summed E-state index contributed by atoms with van der Waals surface area (Å²) in [6.45, 7) is 1.69. The summed E-state index contributed by atoms with van der Waals surface area (Å²) in [5.41, 5.74) is 1.14. The fraction of sp³-hybridized carbons (Fsp3) is 0.611. The zero-order chi connectivity index (χ0) is 16.2. The van der Waals surface area contributed by atoms with Crippen molar-refractivity contribution in [2.24, 2.45) is 11.8 Å². The Morgan fingerprint density at radius 1 is 1.22 bits per heavy atom. The van der Waals surface area contributed by atoms with Crippen LogP contribution >= 0.6 is 11.6 Å². The average molecular weight is 337 g/mol. The van der Waals surface area contributed by atoms with Gasteiger partial charge >= 0.3 is 6.03 Å². The highest BCUT2D eigenvalue weighted by molar-refractivity contribution is 6.30. The van der Waals surface area contributed by atoms with E-state index < -0.39 is 0 Å². The fourth-order valence-electron chi connectivity index (χ4n) is 3.46. The predicted octanol–water partition coefficient (Wildman–Crippen LogP) is 3.60. The Labute approximate surface area is 142 Å². The van der Waals surface area contributed by atoms with Gasteiger partial charge in [0.05, 0.1) is 6.04 Å². The molecule has 3 rings (SSSR count). The third-order valence-corrected chi connectivity index (χ3v) is 5.54. The molecule has 0 aromatic heterocycles. The molecule has 4 nitrogen and oxygen atoms in total. The second-order valence-corrected chi connectivity index (χ2v) is 7.22. The van der Waals surface area contributed by atoms with Crippen LogP contribution in [0, 0.1) is 11.8 Å². The van der Waals surface area contributed by atoms with Gasteiger partial charge in [0.2, 0.25) is 0 Å². The standard InChI is InChI=1S/C18H25ClN2O2/c19-16-6-4-15(5-7-16)17(14-2-1-3-14)20-18(23)21-10-8-13(12-22)9-11-21/h4-7,13-14,17,22H,1-3,8-12H2,(H,20,23)/t17-/m0/s1. The van der Waals surface area contributed by atoms with Crippen LogP contribution in [0.3, 0.4) is 0 Å². The van der Waals surface area contributed by atoms with Gasteiger partial charge in [-0.15, -0.1) is 0 Å². The lowest BCUT2D eigenvalue weighted by atomic mass is 9.77. The average Bonchev–Trinajstić information content (AvgIpc) is 2.53. The Kier molecular flexibility index (Phi) is 5.44. The van der Waals surface area contributed by atoms with E-state index in [9.17, 15) is 9.90 Å². The van der Waals surface area contributed by atoms with Crippen LogP contribution in [-0.2, 0) is 0 Å². The number of amides is 2. The third-order valence-electron chi connectivity index (χ3n) is 5.29. The van der Waals surface area contributed by atoms with E-state index >= 15 is 0 Å². The first-order valence-electron chi connectivity index (χ1n) is 8.59. The van der Waals surface area contributed by atoms with Crippen molar-refractivity contribution in [1.29, 1.82) is 0 Å². The molecule has 0 radical (unpaired) electrons. The lowest BCUT2D eigenvalue weighted by Crippen LogP contribution is -2.47. The Morgan fingerprint density at radius 2 is 1.87 bits per heavy atom. The number of carbonyl (C=O) groups excluding carboxylic acids is 1. The SMILES string of the molecule is O=C(N[C@H](c1ccc(Cl)cc1)C1CCC1)N1CCC(CO)CC1. The molecule has 2 fully saturated rings. The van der Waals surface area contributed by atoms with E-state index in [4.69, 9.17) is 11.6 Å². The first kappa shape index (κ1) is 16.6. The molecule has 1 saturated heterocycles. The Bertz CT molecular complexity index is 522. The maximum Gasteiger partial charge on any atom is 0.317 e. The number of hydrogen-bond acceptors (Lipinski definition) is 2. The molecule has 2 amide bonds. The molecule has 1 aliphatic heterocycles. The van der Waals surface area contributed by atoms with E-state index in [2.05, 4.69) is 5.32 Å². The fourth-order valence-corrected chi connectivity index (χ4v) is 3.59. The van der Waals surface area contributed by atoms with Crippen molar-refractivity contribution in [3.63, 3.8) is 0 Å². The van der Waals surface area contributed by atoms with Crippen LogP contribution in [0.15, 0.2) is 24.3 Å². The van der Waals surface area contributed by atoms with Crippen LogP contribution < -0.4 is 5.32 Å². The van der Waals surface area contributed by atoms with Crippen molar-refractivity contribution in [1.82, 2.24) is 10.2 Å². The van der Waals surface area contributed by atoms with Crippen LogP contribution in [-0.4, -0.2) is 35.7 Å². The van der Waals surface area contributed by atoms with Gasteiger partial charge in [-0.05, 0) is 55.2 Å². The van der Waals surface area contributed by atoms with E-state index in [-0.39, 0.29) is 18.7 Å². The zero-order valence-electron chi connectivity index (χ0n) is 13.4. The molecule has 1 heterocycles. The highest BCUT2D eigenvalue weighted by Crippen LogP contribution is 2.38. The molecule has 1 aliphatic carbocycles. The zero-order valence-corrected chi connectivity index (χ0v) is 14.1. The van der Waals surface area contributed by atoms with Gasteiger partial charge < -0.3 is 15.3 Å². The molecule has 23 heavy (non-hydrogen) atoms. The van der Waals surface area contributed by atoms with Crippen LogP contribution in [0.4, 0.5) is 4.79 Å². The molecule has 1 atom stereocenters. The van der Waals surface area contributed by atoms with Crippen molar-refractivity contribution < 1.29 is 9.90 Å². The van der Waals surface area contributed by atoms with Crippen LogP contribution in [0.1, 0.15) is 43.7 Å². The smallest absolute Gasteiger partial charge is 0.317 e. The highest BCUT2D eigenvalue weighted by Gasteiger charge is 2.31. The lowest BCUT2D eigenvalue weighted by Gasteiger charge is -2.37. The van der Waals surface area contributed by atoms with Crippen molar-refractivity contribution >= 4 is 17.6 Å². The van der Waals surface area contributed by atoms with Crippen molar-refractivity contribution in [2.75, 3.05) is 19.7 Å². The predicted molar refractivity (Wildman–Crippen MR) is 91.4 cm³/mol. The molecule has 126 valence electrons. The van der Waals surface area contributed by atoms with Gasteiger partial charge in [-0.2, -0.15) is 0 Å². The summed E-state index contributed by atoms with van der Waals surface area (Å²) in [5.74, 6) is 0.868. The van der Waals surface area contributed by atoms with Crippen molar-refractivity contribution in [3.8, 4) is 0 Å². The molecule has 0 spiro atoms. The Morgan fingerprint density at radius 3 is 2.39 bits per heavy atom. The number of halogens is 1. The minimum Gasteiger partial charge on any atom is -0.396 e. The number of rotatable bonds is 4. The van der Waals surface area contributed by atoms with Crippen molar-refractivity contribution in [3.05, 3.63) is 34.9 Å². The van der Waals surface area contributed by atoms with Gasteiger partial charge in [-0.1, -0.05) is 30.2 Å². The van der Waals surface area contributed by atoms with Gasteiger partial charge in [0.25, 0.3) is 0 Å². The number of urea groups is 1. The second-order valence-electron chi connectivity index (χ2n) is 6.78. The number of benzene rings is 1. The van der Waals surface area contributed by atoms with E-state index in [1.807, 2.05) is 29.2 Å². The Hall–Kier alpha value is -1.26. The monoisotopic (exact) mass is 336 g/mol. The summed E-state index contributed by atoms with van der Waals surface area (Å²) in [6.07, 6.45) is 5.35. The van der Waals surface area contributed by atoms with Crippen molar-refractivity contribution in [2.45, 2.75) is 38.1 Å². The quantitative estimate of drug-likeness (QED) is 0.882. The van der Waals surface area contributed by atoms with Gasteiger partial charge in [-0.3, -0.25) is 0 Å². The molecule has 1 saturated carbocycles. The number of likely N-dealkylation sites (tertiary alicyclic amines) is 1. The van der Waals surface area contributed by atoms with Crippen LogP contribution in [0.5, 0.6) is 0 Å². The maximum absolute atomic E-state index is 12.6. The number of nitrogens with one attached hydrogen (secondary N) is 1. The van der Waals surface area contributed by atoms with Crippen LogP contribution in [0.25, 0.3) is 0 Å². The highest BCUT2D eigenvalue weighted by atomic mass is 35.5. The summed E-state index contributed by atoms with van der Waals surface area (Å²) in [5, 5.41) is 13.2. The number of hydrogen-bond donors (Lipinski definition) is 2. The molecule has 5 heteroatoms. The minimum absolute atomic E-state index is 0.0215. The summed E-state index contributed by atoms with van der Waals surface area (Å²) in [4.78, 5) is 14.5. The lowest BCUT2D eigenvalue weighted by molar-refractivity contribution is 0.130. The molecular formula is C18H25ClN2O2. The van der Waals surface area contributed by atoms with E-state index in [0.717, 1.165) is 36.5 Å². The summed E-state index contributed by atoms with van der Waals surface area (Å²) >= 11 is 5.98. The summed E-state index contributed by atoms with van der Waals surface area (Å²) in [7, 11) is 0. The first-order valence-corrected chi connectivity index (χ1v) is 8.97. The van der Waals surface area contributed by atoms with E-state index in [1.165, 1.54) is 19.3 Å². The maximum atomic E-state index is 12.6. The van der Waals surface area contributed by atoms with Gasteiger partial charge in [0.1, 0.15) is 0 Å². The normalized spacial score (nSPS) is 20.9. The first-order chi connectivity index (χ1) is 11.2. The van der Waals surface area contributed by atoms with Crippen LogP contribution in [0.2, 0.25) is 5.02 Å². The topological polar surface area (TPSA) is 52.6 Å². The van der Waals surface area contributed by atoms with Gasteiger partial charge in [0.15, 0.2) is 0 Å². The second kappa shape index (κ2) is 7.54. The number of aliphatic hydroxyl groups is 1. The molecular weight excluding hydrogens is 312 g/mol. The molecule has 1 aromatic carbocycles. The number of carbonyl (C=O) groups is 1. The number of nitrogens with zero attached hydrogens (tertiary/aromatic N) is 1. The molecule has 1 aromatic rings. The summed E-state index contributed by atoms with van der Waals surface area (Å²) < 4.78 is 0. The minimum atomic E-state index is 0.0215. The number of piperidine rings is 1. The largest absolute Gasteiger partial charge is 0.396 e. The van der Waals surface area contributed by atoms with Gasteiger partial charge in [-0.25, -0.2) is 4.79 Å². The Balaban J connectivity index is 1.64. The molecule has 2 aliphatic rings. The third kappa shape index (κ3) is 3.99. The molecule has 0 unspecified atom stereocenters. The molecule has 2 N–H and O–H groups in total. The summed E-state index contributed by atoms with van der Waals surface area (Å²) in [6, 6.07) is 7.91. The number of aliphatic hydroxyl groups excluding tert-OH is 1. The van der Waals surface area contributed by atoms with E-state index in [0.29, 0.717) is 11.8 Å².